The van der Waals surface area contributed by atoms with E-state index in [-0.39, 0.29) is 17.7 Å². The van der Waals surface area contributed by atoms with E-state index in [2.05, 4.69) is 10.3 Å². The van der Waals surface area contributed by atoms with E-state index in [4.69, 9.17) is 4.42 Å². The molecule has 0 spiro atoms. The molecule has 1 heterocycles. The number of benzene rings is 1. The van der Waals surface area contributed by atoms with Crippen molar-refractivity contribution in [1.29, 1.82) is 0 Å². The van der Waals surface area contributed by atoms with Crippen LogP contribution in [-0.4, -0.2) is 22.0 Å². The lowest BCUT2D eigenvalue weighted by Crippen LogP contribution is -2.33. The molecular formula is C18H22N2O4. The van der Waals surface area contributed by atoms with Gasteiger partial charge in [0.2, 0.25) is 5.91 Å². The second kappa shape index (κ2) is 7.29. The molecular weight excluding hydrogens is 308 g/mol. The van der Waals surface area contributed by atoms with Gasteiger partial charge in [0.1, 0.15) is 5.76 Å². The van der Waals surface area contributed by atoms with Crippen LogP contribution in [0.25, 0.3) is 0 Å². The summed E-state index contributed by atoms with van der Waals surface area (Å²) in [4.78, 5) is 27.6. The molecule has 1 atom stereocenters. The standard InChI is InChI=1S/C18H22N2O4/c1-18(2,3)13-11-19-15(24-13)10-9-14(21)20-16(17(22)23)12-7-5-4-6-8-12/h4-8,11,16H,9-10H2,1-3H3,(H,20,21)(H,22,23)/t16-/m0/s1. The highest BCUT2D eigenvalue weighted by Crippen LogP contribution is 2.23. The van der Waals surface area contributed by atoms with Gasteiger partial charge in [-0.1, -0.05) is 51.1 Å². The molecule has 2 aromatic rings. The van der Waals surface area contributed by atoms with E-state index >= 15 is 0 Å². The average molecular weight is 330 g/mol. The van der Waals surface area contributed by atoms with Gasteiger partial charge in [0, 0.05) is 18.3 Å². The monoisotopic (exact) mass is 330 g/mol. The van der Waals surface area contributed by atoms with Crippen LogP contribution in [0.2, 0.25) is 0 Å². The Morgan fingerprint density at radius 3 is 2.46 bits per heavy atom. The highest BCUT2D eigenvalue weighted by molar-refractivity contribution is 5.84. The van der Waals surface area contributed by atoms with Crippen molar-refractivity contribution < 1.29 is 19.1 Å². The van der Waals surface area contributed by atoms with Crippen molar-refractivity contribution >= 4 is 11.9 Å². The lowest BCUT2D eigenvalue weighted by molar-refractivity contribution is -0.142. The molecule has 0 fully saturated rings. The number of aryl methyl sites for hydroxylation is 1. The Morgan fingerprint density at radius 1 is 1.25 bits per heavy atom. The maximum absolute atomic E-state index is 12.1. The van der Waals surface area contributed by atoms with Gasteiger partial charge in [-0.2, -0.15) is 0 Å². The van der Waals surface area contributed by atoms with Crippen molar-refractivity contribution in [1.82, 2.24) is 10.3 Å². The summed E-state index contributed by atoms with van der Waals surface area (Å²) in [6.45, 7) is 6.05. The fourth-order valence-electron chi connectivity index (χ4n) is 2.16. The first-order chi connectivity index (χ1) is 11.3. The molecule has 0 saturated carbocycles. The van der Waals surface area contributed by atoms with Crippen LogP contribution in [0.3, 0.4) is 0 Å². The van der Waals surface area contributed by atoms with Crippen molar-refractivity contribution in [3.63, 3.8) is 0 Å². The van der Waals surface area contributed by atoms with E-state index in [9.17, 15) is 14.7 Å². The normalized spacial score (nSPS) is 12.6. The van der Waals surface area contributed by atoms with Gasteiger partial charge < -0.3 is 14.8 Å². The molecule has 0 radical (unpaired) electrons. The zero-order valence-electron chi connectivity index (χ0n) is 14.1. The van der Waals surface area contributed by atoms with Crippen molar-refractivity contribution in [3.05, 3.63) is 53.7 Å². The molecule has 0 aliphatic heterocycles. The maximum atomic E-state index is 12.1. The molecule has 128 valence electrons. The Balaban J connectivity index is 1.94. The second-order valence-corrected chi connectivity index (χ2v) is 6.62. The molecule has 1 aromatic carbocycles. The van der Waals surface area contributed by atoms with Gasteiger partial charge in [-0.05, 0) is 5.56 Å². The highest BCUT2D eigenvalue weighted by Gasteiger charge is 2.23. The van der Waals surface area contributed by atoms with Crippen LogP contribution in [0.4, 0.5) is 0 Å². The highest BCUT2D eigenvalue weighted by atomic mass is 16.4. The van der Waals surface area contributed by atoms with Gasteiger partial charge >= 0.3 is 5.97 Å². The molecule has 0 aliphatic rings. The molecule has 0 bridgehead atoms. The lowest BCUT2D eigenvalue weighted by atomic mass is 9.94. The van der Waals surface area contributed by atoms with Gasteiger partial charge in [0.05, 0.1) is 6.20 Å². The summed E-state index contributed by atoms with van der Waals surface area (Å²) < 4.78 is 5.63. The number of amides is 1. The molecule has 0 saturated heterocycles. The predicted molar refractivity (Wildman–Crippen MR) is 88.5 cm³/mol. The molecule has 6 heteroatoms. The summed E-state index contributed by atoms with van der Waals surface area (Å²) in [5.41, 5.74) is 0.388. The van der Waals surface area contributed by atoms with Crippen LogP contribution < -0.4 is 5.32 Å². The van der Waals surface area contributed by atoms with Crippen LogP contribution in [0.5, 0.6) is 0 Å². The molecule has 2 rings (SSSR count). The fourth-order valence-corrected chi connectivity index (χ4v) is 2.16. The number of aromatic nitrogens is 1. The molecule has 24 heavy (non-hydrogen) atoms. The largest absolute Gasteiger partial charge is 0.479 e. The summed E-state index contributed by atoms with van der Waals surface area (Å²) in [7, 11) is 0. The van der Waals surface area contributed by atoms with Crippen LogP contribution >= 0.6 is 0 Å². The summed E-state index contributed by atoms with van der Waals surface area (Å²) >= 11 is 0. The number of oxazole rings is 1. The Kier molecular flexibility index (Phi) is 5.39. The van der Waals surface area contributed by atoms with E-state index in [1.54, 1.807) is 36.5 Å². The Hall–Kier alpha value is -2.63. The minimum atomic E-state index is -1.10. The molecule has 6 nitrogen and oxygen atoms in total. The average Bonchev–Trinajstić information content (AvgIpc) is 3.00. The maximum Gasteiger partial charge on any atom is 0.330 e. The van der Waals surface area contributed by atoms with Crippen LogP contribution in [0.15, 0.2) is 40.9 Å². The van der Waals surface area contributed by atoms with E-state index in [1.165, 1.54) is 0 Å². The number of carboxylic acids is 1. The second-order valence-electron chi connectivity index (χ2n) is 6.62. The fraction of sp³-hybridized carbons (Fsp3) is 0.389. The molecule has 1 aromatic heterocycles. The van der Waals surface area contributed by atoms with Crippen molar-refractivity contribution in [2.75, 3.05) is 0 Å². The van der Waals surface area contributed by atoms with E-state index in [0.717, 1.165) is 5.76 Å². The number of carbonyl (C=O) groups excluding carboxylic acids is 1. The molecule has 0 unspecified atom stereocenters. The number of nitrogens with zero attached hydrogens (tertiary/aromatic N) is 1. The smallest absolute Gasteiger partial charge is 0.330 e. The minimum absolute atomic E-state index is 0.112. The Morgan fingerprint density at radius 2 is 1.92 bits per heavy atom. The third-order valence-corrected chi connectivity index (χ3v) is 3.54. The van der Waals surface area contributed by atoms with Crippen molar-refractivity contribution in [3.8, 4) is 0 Å². The minimum Gasteiger partial charge on any atom is -0.479 e. The van der Waals surface area contributed by atoms with Crippen LogP contribution in [0.1, 0.15) is 50.4 Å². The number of nitrogens with one attached hydrogen (secondary N) is 1. The number of hydrogen-bond acceptors (Lipinski definition) is 4. The quantitative estimate of drug-likeness (QED) is 0.849. The van der Waals surface area contributed by atoms with Gasteiger partial charge in [-0.15, -0.1) is 0 Å². The number of rotatable bonds is 6. The molecule has 2 N–H and O–H groups in total. The number of aliphatic carboxylic acids is 1. The van der Waals surface area contributed by atoms with Crippen molar-refractivity contribution in [2.45, 2.75) is 45.1 Å². The summed E-state index contributed by atoms with van der Waals surface area (Å²) in [6.07, 6.45) is 2.10. The Labute approximate surface area is 140 Å². The summed E-state index contributed by atoms with van der Waals surface area (Å²) in [5, 5.41) is 11.8. The van der Waals surface area contributed by atoms with Crippen LogP contribution in [-0.2, 0) is 21.4 Å². The van der Waals surface area contributed by atoms with Crippen molar-refractivity contribution in [2.24, 2.45) is 0 Å². The molecule has 1 amide bonds. The zero-order chi connectivity index (χ0) is 17.7. The first-order valence-electron chi connectivity index (χ1n) is 7.79. The third kappa shape index (κ3) is 4.68. The SMILES string of the molecule is CC(C)(C)c1cnc(CCC(=O)N[C@H](C(=O)O)c2ccccc2)o1. The Bertz CT molecular complexity index is 701. The van der Waals surface area contributed by atoms with E-state index in [1.807, 2.05) is 20.8 Å². The van der Waals surface area contributed by atoms with Gasteiger partial charge in [0.15, 0.2) is 11.9 Å². The first kappa shape index (κ1) is 17.7. The summed E-state index contributed by atoms with van der Waals surface area (Å²) in [5.74, 6) is -0.227. The van der Waals surface area contributed by atoms with E-state index in [0.29, 0.717) is 17.9 Å². The molecule has 0 aliphatic carbocycles. The van der Waals surface area contributed by atoms with Crippen LogP contribution in [0, 0.1) is 0 Å². The number of hydrogen-bond donors (Lipinski definition) is 2. The predicted octanol–water partition coefficient (Wildman–Crippen LogP) is 2.85. The number of carboxylic acid groups (broad SMARTS) is 1. The first-order valence-corrected chi connectivity index (χ1v) is 7.79. The summed E-state index contributed by atoms with van der Waals surface area (Å²) in [6, 6.07) is 7.54. The van der Waals surface area contributed by atoms with Gasteiger partial charge in [-0.3, -0.25) is 4.79 Å². The topological polar surface area (TPSA) is 92.4 Å². The third-order valence-electron chi connectivity index (χ3n) is 3.54. The lowest BCUT2D eigenvalue weighted by Gasteiger charge is -2.14. The van der Waals surface area contributed by atoms with Gasteiger partial charge in [-0.25, -0.2) is 9.78 Å². The number of carbonyl (C=O) groups is 2. The van der Waals surface area contributed by atoms with E-state index < -0.39 is 12.0 Å². The zero-order valence-corrected chi connectivity index (χ0v) is 14.1. The van der Waals surface area contributed by atoms with Gasteiger partial charge in [0.25, 0.3) is 0 Å².